The van der Waals surface area contributed by atoms with Gasteiger partial charge in [0.25, 0.3) is 0 Å². The Hall–Kier alpha value is -6.94. The van der Waals surface area contributed by atoms with E-state index in [1.54, 1.807) is 0 Å². The van der Waals surface area contributed by atoms with Gasteiger partial charge < -0.3 is 9.88 Å². The predicted molar refractivity (Wildman–Crippen MR) is 236 cm³/mol. The summed E-state index contributed by atoms with van der Waals surface area (Å²) in [5.74, 6) is 0.821. The minimum atomic E-state index is -3.54. The maximum absolute atomic E-state index is 17.0. The third-order valence-electron chi connectivity index (χ3n) is 11.8. The van der Waals surface area contributed by atoms with E-state index in [2.05, 4.69) is 197 Å². The van der Waals surface area contributed by atoms with Crippen molar-refractivity contribution >= 4 is 100 Å². The number of benzene rings is 9. The second-order valence-electron chi connectivity index (χ2n) is 14.7. The van der Waals surface area contributed by atoms with Crippen molar-refractivity contribution in [1.82, 2.24) is 4.57 Å². The van der Waals surface area contributed by atoms with Crippen LogP contribution in [-0.2, 0) is 4.57 Å². The summed E-state index contributed by atoms with van der Waals surface area (Å²) in [7, 11) is -3.54. The molecule has 1 N–H and O–H groups in total. The molecular weight excluding hydrogens is 704 g/mol. The van der Waals surface area contributed by atoms with Crippen molar-refractivity contribution < 1.29 is 4.57 Å². The summed E-state index contributed by atoms with van der Waals surface area (Å²) in [5.41, 5.74) is 6.29. The fraction of sp³-hybridized carbons (Fsp3) is 0.0200. The molecule has 0 amide bonds. The first-order valence-corrected chi connectivity index (χ1v) is 20.7. The Labute approximate surface area is 323 Å². The molecule has 0 saturated carbocycles. The molecule has 2 aliphatic heterocycles. The molecule has 2 aliphatic rings. The van der Waals surface area contributed by atoms with E-state index in [4.69, 9.17) is 4.99 Å². The normalized spacial score (nSPS) is 15.8. The monoisotopic (exact) mass is 736 g/mol. The zero-order valence-electron chi connectivity index (χ0n) is 30.2. The summed E-state index contributed by atoms with van der Waals surface area (Å²) in [6.07, 6.45) is -0.127. The largest absolute Gasteiger partial charge is 0.359 e. The van der Waals surface area contributed by atoms with E-state index >= 15 is 4.57 Å². The number of para-hydroxylation sites is 4. The standard InChI is InChI=1S/C50H33N4OP/c55-56(35-29-28-32-14-1-2-16-34(32)30-35,46-27-13-17-33-15-3-4-18-36(33)46)47-31-41-37-19-8-11-25-44(37)53(48(41)39-21-6-5-20-38(39)47)50-52-42-23-9-7-22-40(42)49-51-43-24-10-12-26-45(43)54(49)50/h1-31,49,51H. The molecule has 0 aliphatic carbocycles. The van der Waals surface area contributed by atoms with Crippen molar-refractivity contribution in [1.29, 1.82) is 0 Å². The van der Waals surface area contributed by atoms with E-state index in [1.165, 1.54) is 0 Å². The Bertz CT molecular complexity index is 3360. The van der Waals surface area contributed by atoms with Gasteiger partial charge in [-0.3, -0.25) is 9.47 Å². The maximum atomic E-state index is 17.0. The highest BCUT2D eigenvalue weighted by molar-refractivity contribution is 7.86. The Morgan fingerprint density at radius 3 is 2.09 bits per heavy atom. The van der Waals surface area contributed by atoms with Crippen LogP contribution in [0.4, 0.5) is 17.1 Å². The van der Waals surface area contributed by atoms with Crippen LogP contribution in [0.2, 0.25) is 0 Å². The fourth-order valence-corrected chi connectivity index (χ4v) is 12.4. The Balaban J connectivity index is 1.22. The third-order valence-corrected chi connectivity index (χ3v) is 14.9. The number of aromatic nitrogens is 1. The summed E-state index contributed by atoms with van der Waals surface area (Å²) in [5, 5.41) is 14.6. The van der Waals surface area contributed by atoms with Crippen LogP contribution in [0.3, 0.4) is 0 Å². The quantitative estimate of drug-likeness (QED) is 0.184. The second kappa shape index (κ2) is 11.8. The Morgan fingerprint density at radius 2 is 1.20 bits per heavy atom. The molecule has 0 bridgehead atoms. The molecule has 5 nitrogen and oxygen atoms in total. The molecule has 1 aromatic heterocycles. The molecule has 9 aromatic carbocycles. The average molecular weight is 737 g/mol. The molecule has 264 valence electrons. The smallest absolute Gasteiger partial charge is 0.217 e. The van der Waals surface area contributed by atoms with Gasteiger partial charge in [0.1, 0.15) is 6.17 Å². The number of hydrogen-bond donors (Lipinski definition) is 1. The zero-order valence-corrected chi connectivity index (χ0v) is 31.1. The first kappa shape index (κ1) is 31.4. The Morgan fingerprint density at radius 1 is 0.518 bits per heavy atom. The molecule has 0 radical (unpaired) electrons. The van der Waals surface area contributed by atoms with Gasteiger partial charge in [0.15, 0.2) is 7.14 Å². The number of hydrogen-bond acceptors (Lipinski definition) is 4. The van der Waals surface area contributed by atoms with Gasteiger partial charge >= 0.3 is 0 Å². The number of nitrogens with one attached hydrogen (secondary N) is 1. The van der Waals surface area contributed by atoms with E-state index in [9.17, 15) is 0 Å². The minimum Gasteiger partial charge on any atom is -0.359 e. The van der Waals surface area contributed by atoms with Crippen molar-refractivity contribution in [2.75, 3.05) is 10.2 Å². The molecule has 2 atom stereocenters. The zero-order chi connectivity index (χ0) is 37.0. The maximum Gasteiger partial charge on any atom is 0.217 e. The lowest BCUT2D eigenvalue weighted by molar-refractivity contribution is 0.593. The number of fused-ring (bicyclic) bond motifs is 12. The van der Waals surface area contributed by atoms with E-state index in [1.807, 2.05) is 6.07 Å². The van der Waals surface area contributed by atoms with Crippen molar-refractivity contribution in [2.24, 2.45) is 4.99 Å². The van der Waals surface area contributed by atoms with Gasteiger partial charge in [-0.05, 0) is 63.3 Å². The summed E-state index contributed by atoms with van der Waals surface area (Å²) in [6.45, 7) is 0. The molecule has 0 saturated heterocycles. The number of rotatable bonds is 3. The number of anilines is 2. The lowest BCUT2D eigenvalue weighted by Crippen LogP contribution is -2.40. The van der Waals surface area contributed by atoms with Crippen molar-refractivity contribution in [3.63, 3.8) is 0 Å². The fourth-order valence-electron chi connectivity index (χ4n) is 9.27. The highest BCUT2D eigenvalue weighted by Crippen LogP contribution is 2.51. The third kappa shape index (κ3) is 4.32. The number of aliphatic imine (C=N–C) groups is 1. The SMILES string of the molecule is O=P(c1ccc2ccccc2c1)(c1cccc2ccccc12)c1cc2c3ccccc3n(C3=Nc4ccccc4C4Nc5ccccc5N34)c2c2ccccc12. The van der Waals surface area contributed by atoms with Gasteiger partial charge in [-0.15, -0.1) is 0 Å². The van der Waals surface area contributed by atoms with Crippen molar-refractivity contribution in [3.8, 4) is 0 Å². The van der Waals surface area contributed by atoms with Crippen LogP contribution >= 0.6 is 7.14 Å². The van der Waals surface area contributed by atoms with Gasteiger partial charge in [0, 0.05) is 37.6 Å². The molecule has 56 heavy (non-hydrogen) atoms. The highest BCUT2D eigenvalue weighted by atomic mass is 31.2. The molecule has 6 heteroatoms. The van der Waals surface area contributed by atoms with Crippen LogP contribution in [0, 0.1) is 0 Å². The topological polar surface area (TPSA) is 49.6 Å². The van der Waals surface area contributed by atoms with Gasteiger partial charge in [-0.2, -0.15) is 0 Å². The predicted octanol–water partition coefficient (Wildman–Crippen LogP) is 11.4. The minimum absolute atomic E-state index is 0.127. The first-order chi connectivity index (χ1) is 27.7. The lowest BCUT2D eigenvalue weighted by Gasteiger charge is -2.33. The van der Waals surface area contributed by atoms with Crippen LogP contribution in [0.25, 0.3) is 54.1 Å². The summed E-state index contributed by atoms with van der Waals surface area (Å²) >= 11 is 0. The van der Waals surface area contributed by atoms with E-state index < -0.39 is 7.14 Å². The van der Waals surface area contributed by atoms with Crippen molar-refractivity contribution in [2.45, 2.75) is 6.17 Å². The molecule has 3 heterocycles. The Kier molecular flexibility index (Phi) is 6.61. The molecule has 0 spiro atoms. The van der Waals surface area contributed by atoms with Crippen molar-refractivity contribution in [3.05, 3.63) is 194 Å². The van der Waals surface area contributed by atoms with Crippen LogP contribution in [0.15, 0.2) is 193 Å². The molecule has 0 fully saturated rings. The first-order valence-electron chi connectivity index (χ1n) is 19.0. The summed E-state index contributed by atoms with van der Waals surface area (Å²) in [4.78, 5) is 7.81. The summed E-state index contributed by atoms with van der Waals surface area (Å²) < 4.78 is 19.3. The number of nitrogens with zero attached hydrogens (tertiary/aromatic N) is 3. The lowest BCUT2D eigenvalue weighted by atomic mass is 10.1. The van der Waals surface area contributed by atoms with E-state index in [-0.39, 0.29) is 6.17 Å². The molecular formula is C50H33N4OP. The second-order valence-corrected chi connectivity index (χ2v) is 17.4. The molecule has 2 unspecified atom stereocenters. The van der Waals surface area contributed by atoms with Gasteiger partial charge in [-0.1, -0.05) is 152 Å². The van der Waals surface area contributed by atoms with Crippen LogP contribution < -0.4 is 26.1 Å². The van der Waals surface area contributed by atoms with Gasteiger partial charge in [0.05, 0.1) is 28.1 Å². The molecule has 10 aromatic rings. The molecule has 12 rings (SSSR count). The van der Waals surface area contributed by atoms with E-state index in [0.29, 0.717) is 0 Å². The van der Waals surface area contributed by atoms with Gasteiger partial charge in [0.2, 0.25) is 5.96 Å². The average Bonchev–Trinajstić information content (AvgIpc) is 3.82. The van der Waals surface area contributed by atoms with E-state index in [0.717, 1.165) is 98.6 Å². The van der Waals surface area contributed by atoms with Crippen LogP contribution in [0.1, 0.15) is 11.7 Å². The highest BCUT2D eigenvalue weighted by Gasteiger charge is 2.40. The van der Waals surface area contributed by atoms with Crippen LogP contribution in [0.5, 0.6) is 0 Å². The van der Waals surface area contributed by atoms with Gasteiger partial charge in [-0.25, -0.2) is 4.99 Å². The summed E-state index contributed by atoms with van der Waals surface area (Å²) in [6, 6.07) is 65.4. The van der Waals surface area contributed by atoms with Crippen LogP contribution in [-0.4, -0.2) is 10.5 Å².